The number of rotatable bonds is 8. The Hall–Kier alpha value is -2.56. The third-order valence-electron chi connectivity index (χ3n) is 6.38. The predicted molar refractivity (Wildman–Crippen MR) is 114 cm³/mol. The van der Waals surface area contributed by atoms with Crippen molar-refractivity contribution in [3.8, 4) is 11.6 Å². The average Bonchev–Trinajstić information content (AvgIpc) is 3.59. The van der Waals surface area contributed by atoms with Crippen LogP contribution in [-0.4, -0.2) is 36.1 Å². The zero-order chi connectivity index (χ0) is 20.2. The van der Waals surface area contributed by atoms with Crippen molar-refractivity contribution in [3.63, 3.8) is 0 Å². The lowest BCUT2D eigenvalue weighted by Crippen LogP contribution is -2.36. The van der Waals surface area contributed by atoms with Gasteiger partial charge in [-0.1, -0.05) is 6.92 Å². The summed E-state index contributed by atoms with van der Waals surface area (Å²) in [5.41, 5.74) is 2.80. The molecule has 2 aromatic rings. The highest BCUT2D eigenvalue weighted by Crippen LogP contribution is 2.44. The molecule has 1 unspecified atom stereocenters. The molecular formula is C24H30N2O3. The molecule has 1 saturated heterocycles. The fraction of sp³-hybridized carbons (Fsp3) is 0.500. The van der Waals surface area contributed by atoms with E-state index < -0.39 is 0 Å². The van der Waals surface area contributed by atoms with E-state index in [4.69, 9.17) is 4.74 Å². The van der Waals surface area contributed by atoms with Gasteiger partial charge in [-0.2, -0.15) is 0 Å². The fourth-order valence-corrected chi connectivity index (χ4v) is 4.52. The summed E-state index contributed by atoms with van der Waals surface area (Å²) in [6.07, 6.45) is 8.58. The summed E-state index contributed by atoms with van der Waals surface area (Å²) in [7, 11) is 0. The summed E-state index contributed by atoms with van der Waals surface area (Å²) < 4.78 is 6.06. The second-order valence-electron chi connectivity index (χ2n) is 8.38. The minimum atomic E-state index is 0.193. The molecule has 0 amide bonds. The van der Waals surface area contributed by atoms with E-state index in [1.807, 2.05) is 6.20 Å². The first kappa shape index (κ1) is 19.7. The number of anilines is 1. The van der Waals surface area contributed by atoms with E-state index in [1.165, 1.54) is 24.8 Å². The minimum Gasteiger partial charge on any atom is -0.508 e. The molecule has 2 aliphatic rings. The number of aromatic hydroxyl groups is 1. The van der Waals surface area contributed by atoms with Gasteiger partial charge in [0.15, 0.2) is 6.29 Å². The molecule has 0 bridgehead atoms. The Balaban J connectivity index is 1.32. The van der Waals surface area contributed by atoms with Crippen molar-refractivity contribution in [1.82, 2.24) is 4.98 Å². The van der Waals surface area contributed by atoms with E-state index in [1.54, 1.807) is 18.2 Å². The number of piperidine rings is 1. The summed E-state index contributed by atoms with van der Waals surface area (Å²) in [4.78, 5) is 17.9. The quantitative estimate of drug-likeness (QED) is 0.652. The molecule has 1 aromatic carbocycles. The van der Waals surface area contributed by atoms with E-state index in [9.17, 15) is 9.90 Å². The number of pyridine rings is 1. The molecule has 2 fully saturated rings. The Kier molecular flexibility index (Phi) is 6.02. The van der Waals surface area contributed by atoms with Crippen LogP contribution in [0.25, 0.3) is 0 Å². The zero-order valence-corrected chi connectivity index (χ0v) is 17.1. The minimum absolute atomic E-state index is 0.193. The molecule has 1 saturated carbocycles. The smallest absolute Gasteiger partial charge is 0.213 e. The normalized spacial score (nSPS) is 18.4. The number of hydrogen-bond acceptors (Lipinski definition) is 5. The number of nitrogens with zero attached hydrogens (tertiary/aromatic N) is 2. The first-order valence-electron chi connectivity index (χ1n) is 10.8. The molecule has 1 N–H and O–H groups in total. The molecule has 2 heterocycles. The average molecular weight is 395 g/mol. The molecule has 1 aliphatic heterocycles. The molecule has 154 valence electrons. The predicted octanol–water partition coefficient (Wildman–Crippen LogP) is 4.80. The van der Waals surface area contributed by atoms with Gasteiger partial charge in [-0.05, 0) is 73.6 Å². The Morgan fingerprint density at radius 1 is 1.21 bits per heavy atom. The van der Waals surface area contributed by atoms with Crippen molar-refractivity contribution in [3.05, 3.63) is 47.7 Å². The van der Waals surface area contributed by atoms with Crippen LogP contribution in [0.3, 0.4) is 0 Å². The number of aromatic nitrogens is 1. The summed E-state index contributed by atoms with van der Waals surface area (Å²) in [6.45, 7) is 4.64. The molecule has 4 rings (SSSR count). The second kappa shape index (κ2) is 8.85. The molecule has 0 spiro atoms. The maximum atomic E-state index is 11.3. The third kappa shape index (κ3) is 4.72. The third-order valence-corrected chi connectivity index (χ3v) is 6.38. The first-order valence-corrected chi connectivity index (χ1v) is 10.8. The SMILES string of the molecule is CCC(c1ccnc(OCC2CCN(c3cc(O)ccc3C=O)CC2)c1)C1CC1. The van der Waals surface area contributed by atoms with Gasteiger partial charge in [-0.15, -0.1) is 0 Å². The Morgan fingerprint density at radius 3 is 2.69 bits per heavy atom. The van der Waals surface area contributed by atoms with Gasteiger partial charge < -0.3 is 14.7 Å². The Morgan fingerprint density at radius 2 is 2.00 bits per heavy atom. The number of ether oxygens (including phenoxy) is 1. The Bertz CT molecular complexity index is 842. The van der Waals surface area contributed by atoms with Crippen LogP contribution in [0, 0.1) is 11.8 Å². The molecule has 5 nitrogen and oxygen atoms in total. The monoisotopic (exact) mass is 394 g/mol. The van der Waals surface area contributed by atoms with Crippen LogP contribution in [0.2, 0.25) is 0 Å². The molecule has 29 heavy (non-hydrogen) atoms. The standard InChI is InChI=1S/C24H30N2O3/c1-2-22(18-3-4-18)19-7-10-25-24(13-19)29-16-17-8-11-26(12-9-17)23-14-21(28)6-5-20(23)15-27/h5-7,10,13-15,17-18,22,28H,2-4,8-9,11-12,16H2,1H3. The fourth-order valence-electron chi connectivity index (χ4n) is 4.52. The van der Waals surface area contributed by atoms with Gasteiger partial charge in [0.25, 0.3) is 0 Å². The van der Waals surface area contributed by atoms with Crippen molar-refractivity contribution in [2.45, 2.75) is 44.9 Å². The molecular weight excluding hydrogens is 364 g/mol. The summed E-state index contributed by atoms with van der Waals surface area (Å²) in [5.74, 6) is 2.88. The lowest BCUT2D eigenvalue weighted by molar-refractivity contribution is 0.112. The highest BCUT2D eigenvalue weighted by atomic mass is 16.5. The molecule has 0 radical (unpaired) electrons. The van der Waals surface area contributed by atoms with Gasteiger partial charge in [0.05, 0.1) is 12.3 Å². The molecule has 1 aliphatic carbocycles. The van der Waals surface area contributed by atoms with Crippen LogP contribution in [0.1, 0.15) is 60.9 Å². The zero-order valence-electron chi connectivity index (χ0n) is 17.1. The van der Waals surface area contributed by atoms with Gasteiger partial charge in [-0.3, -0.25) is 4.79 Å². The van der Waals surface area contributed by atoms with Crippen LogP contribution in [0.4, 0.5) is 5.69 Å². The molecule has 1 aromatic heterocycles. The summed E-state index contributed by atoms with van der Waals surface area (Å²) in [5, 5.41) is 9.77. The number of benzene rings is 1. The van der Waals surface area contributed by atoms with Crippen LogP contribution in [-0.2, 0) is 0 Å². The number of hydrogen-bond donors (Lipinski definition) is 1. The van der Waals surface area contributed by atoms with E-state index in [-0.39, 0.29) is 5.75 Å². The number of carbonyl (C=O) groups is 1. The first-order chi connectivity index (χ1) is 14.2. The lowest BCUT2D eigenvalue weighted by Gasteiger charge is -2.34. The Labute approximate surface area is 172 Å². The van der Waals surface area contributed by atoms with Gasteiger partial charge in [-0.25, -0.2) is 4.98 Å². The maximum Gasteiger partial charge on any atom is 0.213 e. The van der Waals surface area contributed by atoms with Crippen molar-refractivity contribution in [1.29, 1.82) is 0 Å². The lowest BCUT2D eigenvalue weighted by atomic mass is 9.92. The molecule has 1 atom stereocenters. The van der Waals surface area contributed by atoms with E-state index in [0.29, 0.717) is 24.0 Å². The van der Waals surface area contributed by atoms with Crippen LogP contribution >= 0.6 is 0 Å². The molecule has 5 heteroatoms. The van der Waals surface area contributed by atoms with Crippen molar-refractivity contribution in [2.24, 2.45) is 11.8 Å². The van der Waals surface area contributed by atoms with Gasteiger partial charge in [0, 0.05) is 37.0 Å². The second-order valence-corrected chi connectivity index (χ2v) is 8.38. The number of phenols is 1. The topological polar surface area (TPSA) is 62.7 Å². The van der Waals surface area contributed by atoms with E-state index in [0.717, 1.165) is 49.7 Å². The number of phenolic OH excluding ortho intramolecular Hbond substituents is 1. The maximum absolute atomic E-state index is 11.3. The van der Waals surface area contributed by atoms with Crippen LogP contribution in [0.15, 0.2) is 36.5 Å². The number of aldehydes is 1. The highest BCUT2D eigenvalue weighted by Gasteiger charge is 2.31. The van der Waals surface area contributed by atoms with Gasteiger partial charge >= 0.3 is 0 Å². The van der Waals surface area contributed by atoms with Crippen LogP contribution in [0.5, 0.6) is 11.6 Å². The van der Waals surface area contributed by atoms with Crippen molar-refractivity contribution < 1.29 is 14.6 Å². The van der Waals surface area contributed by atoms with Crippen LogP contribution < -0.4 is 9.64 Å². The van der Waals surface area contributed by atoms with E-state index in [2.05, 4.69) is 28.9 Å². The van der Waals surface area contributed by atoms with Crippen molar-refractivity contribution >= 4 is 12.0 Å². The van der Waals surface area contributed by atoms with Gasteiger partial charge in [0.1, 0.15) is 5.75 Å². The largest absolute Gasteiger partial charge is 0.508 e. The van der Waals surface area contributed by atoms with Gasteiger partial charge in [0.2, 0.25) is 5.88 Å². The number of carbonyl (C=O) groups excluding carboxylic acids is 1. The van der Waals surface area contributed by atoms with E-state index >= 15 is 0 Å². The van der Waals surface area contributed by atoms with Crippen molar-refractivity contribution in [2.75, 3.05) is 24.6 Å². The highest BCUT2D eigenvalue weighted by molar-refractivity contribution is 5.85. The summed E-state index contributed by atoms with van der Waals surface area (Å²) >= 11 is 0. The summed E-state index contributed by atoms with van der Waals surface area (Å²) in [6, 6.07) is 9.18.